The summed E-state index contributed by atoms with van der Waals surface area (Å²) in [6.07, 6.45) is 27.5. The van der Waals surface area contributed by atoms with Gasteiger partial charge in [0.05, 0.1) is 25.9 Å². The Balaban J connectivity index is 3.84. The molecule has 3 unspecified atom stereocenters. The number of ether oxygens (including phenoxy) is 1. The molecule has 0 aliphatic carbocycles. The normalized spacial score (nSPS) is 13.1. The number of carboxylic acids is 3. The van der Waals surface area contributed by atoms with Gasteiger partial charge in [-0.2, -0.15) is 37.9 Å². The maximum absolute atomic E-state index is 12.3. The molecule has 55 heavy (non-hydrogen) atoms. The van der Waals surface area contributed by atoms with Crippen LogP contribution in [-0.2, 0) is 27.2 Å². The van der Waals surface area contributed by atoms with Crippen LogP contribution in [0.5, 0.6) is 5.75 Å². The molecule has 0 spiro atoms. The lowest BCUT2D eigenvalue weighted by Gasteiger charge is -2.32. The first-order chi connectivity index (χ1) is 26.5. The molecule has 3 N–H and O–H groups in total. The number of carbonyl (C=O) groups is 3. The summed E-state index contributed by atoms with van der Waals surface area (Å²) in [7, 11) is 0. The fourth-order valence-corrected chi connectivity index (χ4v) is 9.10. The minimum Gasteiger partial charge on any atom is -0.493 e. The monoisotopic (exact) mass is 826 g/mol. The molecule has 1 aromatic carbocycles. The van der Waals surface area contributed by atoms with Gasteiger partial charge < -0.3 is 20.1 Å². The Bertz CT molecular complexity index is 1140. The third-order valence-electron chi connectivity index (χ3n) is 10.7. The van der Waals surface area contributed by atoms with Crippen molar-refractivity contribution < 1.29 is 34.4 Å². The van der Waals surface area contributed by atoms with Crippen LogP contribution in [0.1, 0.15) is 238 Å². The Morgan fingerprint density at radius 3 is 1.02 bits per heavy atom. The standard InChI is InChI=1S/C45H78O7S3/c1-4-7-10-13-16-19-22-25-28-34-42(36(53)31-39(46)47)35(29-26-23-20-17-14-11-8-5-2)44(38(55)33-41(50)51)45(43(34)37(54)32-40(48)49)52-30-27-24-21-18-15-12-9-6-3/h36-38,53-55H,4-33H2,1-3H3,(H,46,47)(H,48,49)(H,50,51). The summed E-state index contributed by atoms with van der Waals surface area (Å²) < 4.78 is 6.76. The second-order valence-electron chi connectivity index (χ2n) is 15.6. The molecule has 10 heteroatoms. The predicted molar refractivity (Wildman–Crippen MR) is 239 cm³/mol. The average Bonchev–Trinajstić information content (AvgIpc) is 3.11. The van der Waals surface area contributed by atoms with E-state index in [4.69, 9.17) is 42.6 Å². The quantitative estimate of drug-likeness (QED) is 0.0292. The molecular formula is C45H78O7S3. The molecule has 318 valence electrons. The molecular weight excluding hydrogens is 749 g/mol. The number of rotatable bonds is 37. The fourth-order valence-electron chi connectivity index (χ4n) is 7.78. The van der Waals surface area contributed by atoms with Crippen molar-refractivity contribution in [1.29, 1.82) is 0 Å². The highest BCUT2D eigenvalue weighted by molar-refractivity contribution is 7.81. The molecule has 3 atom stereocenters. The topological polar surface area (TPSA) is 121 Å². The summed E-state index contributed by atoms with van der Waals surface area (Å²) in [5.74, 6) is -2.47. The van der Waals surface area contributed by atoms with Gasteiger partial charge in [0.15, 0.2) is 0 Å². The minimum absolute atomic E-state index is 0.221. The van der Waals surface area contributed by atoms with Gasteiger partial charge >= 0.3 is 17.9 Å². The Kier molecular flexibility index (Phi) is 30.4. The van der Waals surface area contributed by atoms with Crippen LogP contribution in [0.4, 0.5) is 0 Å². The summed E-state index contributed by atoms with van der Waals surface area (Å²) >= 11 is 14.8. The van der Waals surface area contributed by atoms with E-state index in [0.29, 0.717) is 36.3 Å². The van der Waals surface area contributed by atoms with Gasteiger partial charge in [0, 0.05) is 26.9 Å². The SMILES string of the molecule is CCCCCCCCCCOc1c(C(S)CC(=O)O)c(CCCCCCCCCC)c(C(S)CC(=O)O)c(CCCCCCCCCC)c1C(S)CC(=O)O. The maximum atomic E-state index is 12.3. The van der Waals surface area contributed by atoms with Crippen LogP contribution >= 0.6 is 37.9 Å². The zero-order valence-electron chi connectivity index (χ0n) is 34.8. The van der Waals surface area contributed by atoms with Gasteiger partial charge in [-0.3, -0.25) is 14.4 Å². The molecule has 7 nitrogen and oxygen atoms in total. The van der Waals surface area contributed by atoms with Crippen molar-refractivity contribution in [3.05, 3.63) is 27.8 Å². The van der Waals surface area contributed by atoms with Crippen molar-refractivity contribution >= 4 is 55.8 Å². The van der Waals surface area contributed by atoms with Crippen LogP contribution in [0.25, 0.3) is 0 Å². The van der Waals surface area contributed by atoms with Crippen LogP contribution in [0.2, 0.25) is 0 Å². The first kappa shape index (κ1) is 51.5. The second kappa shape index (κ2) is 32.4. The summed E-state index contributed by atoms with van der Waals surface area (Å²) in [6.45, 7) is 7.05. The summed E-state index contributed by atoms with van der Waals surface area (Å²) in [5.41, 5.74) is 3.84. The third-order valence-corrected chi connectivity index (χ3v) is 12.0. The zero-order valence-corrected chi connectivity index (χ0v) is 37.4. The molecule has 1 rings (SSSR count). The fraction of sp³-hybridized carbons (Fsp3) is 0.800. The van der Waals surface area contributed by atoms with Crippen molar-refractivity contribution in [1.82, 2.24) is 0 Å². The van der Waals surface area contributed by atoms with Gasteiger partial charge in [0.2, 0.25) is 0 Å². The second-order valence-corrected chi connectivity index (χ2v) is 17.5. The molecule has 0 fully saturated rings. The summed E-state index contributed by atoms with van der Waals surface area (Å²) in [5, 5.41) is 27.9. The molecule has 0 bridgehead atoms. The number of thiol groups is 3. The van der Waals surface area contributed by atoms with Crippen LogP contribution < -0.4 is 4.74 Å². The number of aliphatic carboxylic acids is 3. The Morgan fingerprint density at radius 2 is 0.709 bits per heavy atom. The first-order valence-corrected chi connectivity index (χ1v) is 23.6. The van der Waals surface area contributed by atoms with E-state index >= 15 is 0 Å². The Morgan fingerprint density at radius 1 is 0.436 bits per heavy atom. The van der Waals surface area contributed by atoms with Crippen molar-refractivity contribution in [2.45, 2.75) is 223 Å². The van der Waals surface area contributed by atoms with E-state index in [1.165, 1.54) is 83.5 Å². The van der Waals surface area contributed by atoms with Gasteiger partial charge in [0.1, 0.15) is 5.75 Å². The summed E-state index contributed by atoms with van der Waals surface area (Å²) in [4.78, 5) is 36.7. The van der Waals surface area contributed by atoms with Crippen molar-refractivity contribution in [3.63, 3.8) is 0 Å². The Labute approximate surface area is 351 Å². The zero-order chi connectivity index (χ0) is 40.8. The Hall–Kier alpha value is -1.52. The van der Waals surface area contributed by atoms with Crippen molar-refractivity contribution in [2.24, 2.45) is 0 Å². The third kappa shape index (κ3) is 22.3. The van der Waals surface area contributed by atoms with E-state index in [2.05, 4.69) is 20.8 Å². The maximum Gasteiger partial charge on any atom is 0.304 e. The van der Waals surface area contributed by atoms with E-state index in [9.17, 15) is 29.7 Å². The van der Waals surface area contributed by atoms with E-state index in [0.717, 1.165) is 87.3 Å². The predicted octanol–water partition coefficient (Wildman–Crippen LogP) is 13.9. The highest BCUT2D eigenvalue weighted by atomic mass is 32.1. The number of hydrogen-bond donors (Lipinski definition) is 6. The van der Waals surface area contributed by atoms with Crippen molar-refractivity contribution in [3.8, 4) is 5.75 Å². The molecule has 0 radical (unpaired) electrons. The van der Waals surface area contributed by atoms with E-state index in [1.807, 2.05) is 0 Å². The lowest BCUT2D eigenvalue weighted by Crippen LogP contribution is -2.19. The van der Waals surface area contributed by atoms with Gasteiger partial charge in [0.25, 0.3) is 0 Å². The van der Waals surface area contributed by atoms with Crippen molar-refractivity contribution in [2.75, 3.05) is 6.61 Å². The van der Waals surface area contributed by atoms with Gasteiger partial charge in [-0.05, 0) is 48.8 Å². The van der Waals surface area contributed by atoms with Gasteiger partial charge in [-0.15, -0.1) is 0 Å². The van der Waals surface area contributed by atoms with Gasteiger partial charge in [-0.1, -0.05) is 156 Å². The molecule has 0 aliphatic rings. The lowest BCUT2D eigenvalue weighted by molar-refractivity contribution is -0.138. The number of hydrogen-bond acceptors (Lipinski definition) is 7. The van der Waals surface area contributed by atoms with E-state index < -0.39 is 33.7 Å². The molecule has 0 heterocycles. The van der Waals surface area contributed by atoms with Crippen LogP contribution in [0.15, 0.2) is 0 Å². The smallest absolute Gasteiger partial charge is 0.304 e. The number of benzene rings is 1. The largest absolute Gasteiger partial charge is 0.493 e. The molecule has 0 saturated carbocycles. The van der Waals surface area contributed by atoms with Gasteiger partial charge in [-0.25, -0.2) is 0 Å². The average molecular weight is 827 g/mol. The van der Waals surface area contributed by atoms with Crippen LogP contribution in [-0.4, -0.2) is 39.8 Å². The highest BCUT2D eigenvalue weighted by Crippen LogP contribution is 2.50. The molecule has 0 aromatic heterocycles. The number of unbranched alkanes of at least 4 members (excludes halogenated alkanes) is 21. The molecule has 0 saturated heterocycles. The minimum atomic E-state index is -1.00. The first-order valence-electron chi connectivity index (χ1n) is 22.0. The van der Waals surface area contributed by atoms with Crippen LogP contribution in [0, 0.1) is 0 Å². The highest BCUT2D eigenvalue weighted by Gasteiger charge is 2.34. The number of carboxylic acid groups (broad SMARTS) is 3. The van der Waals surface area contributed by atoms with Crippen LogP contribution in [0.3, 0.4) is 0 Å². The molecule has 0 amide bonds. The lowest BCUT2D eigenvalue weighted by atomic mass is 9.80. The summed E-state index contributed by atoms with van der Waals surface area (Å²) in [6, 6.07) is 0. The van der Waals surface area contributed by atoms with E-state index in [1.54, 1.807) is 0 Å². The van der Waals surface area contributed by atoms with E-state index in [-0.39, 0.29) is 19.3 Å². The molecule has 0 aliphatic heterocycles. The molecule has 1 aromatic rings.